The van der Waals surface area contributed by atoms with Crippen molar-refractivity contribution in [2.45, 2.75) is 26.7 Å². The molecule has 0 aliphatic heterocycles. The van der Waals surface area contributed by atoms with Gasteiger partial charge in [0.1, 0.15) is 0 Å². The molecule has 90 valence electrons. The van der Waals surface area contributed by atoms with Gasteiger partial charge in [-0.25, -0.2) is 9.44 Å². The molecule has 0 spiro atoms. The highest BCUT2D eigenvalue weighted by molar-refractivity contribution is 7.87. The maximum atomic E-state index is 11.3. The summed E-state index contributed by atoms with van der Waals surface area (Å²) in [6.07, 6.45) is 1.18. The maximum absolute atomic E-state index is 11.3. The first kappa shape index (κ1) is 14.8. The van der Waals surface area contributed by atoms with Crippen LogP contribution in [0.25, 0.3) is 0 Å². The number of rotatable bonds is 8. The van der Waals surface area contributed by atoms with Crippen LogP contribution < -0.4 is 15.2 Å². The molecule has 5 nitrogen and oxygen atoms in total. The second-order valence-corrected chi connectivity index (χ2v) is 5.82. The van der Waals surface area contributed by atoms with Crippen LogP contribution in [0.2, 0.25) is 0 Å². The van der Waals surface area contributed by atoms with Crippen molar-refractivity contribution in [2.75, 3.05) is 13.1 Å². The van der Waals surface area contributed by atoms with Gasteiger partial charge in [-0.2, -0.15) is 8.42 Å². The topological polar surface area (TPSA) is 84.2 Å². The Morgan fingerprint density at radius 3 is 2.47 bits per heavy atom. The molecule has 0 radical (unpaired) electrons. The van der Waals surface area contributed by atoms with Crippen LogP contribution >= 0.6 is 12.2 Å². The minimum atomic E-state index is -3.36. The van der Waals surface area contributed by atoms with E-state index in [1.807, 2.05) is 13.8 Å². The molecule has 7 heteroatoms. The van der Waals surface area contributed by atoms with Crippen molar-refractivity contribution in [3.63, 3.8) is 0 Å². The van der Waals surface area contributed by atoms with Crippen molar-refractivity contribution < 1.29 is 8.42 Å². The fraction of sp³-hybridized carbons (Fsp3) is 0.875. The number of nitrogens with one attached hydrogen (secondary N) is 2. The monoisotopic (exact) mass is 253 g/mol. The SMILES string of the molecule is CC(C)CNS(=O)(=O)NCCCC(N)=S. The molecule has 4 N–H and O–H groups in total. The van der Waals surface area contributed by atoms with Gasteiger partial charge in [0.05, 0.1) is 4.99 Å². The molecule has 0 aromatic rings. The van der Waals surface area contributed by atoms with Crippen LogP contribution in [0.5, 0.6) is 0 Å². The summed E-state index contributed by atoms with van der Waals surface area (Å²) in [7, 11) is -3.36. The highest BCUT2D eigenvalue weighted by atomic mass is 32.2. The molecule has 0 atom stereocenters. The summed E-state index contributed by atoms with van der Waals surface area (Å²) in [6.45, 7) is 4.67. The molecule has 0 aliphatic carbocycles. The van der Waals surface area contributed by atoms with Crippen molar-refractivity contribution in [3.05, 3.63) is 0 Å². The summed E-state index contributed by atoms with van der Waals surface area (Å²) in [4.78, 5) is 0.407. The van der Waals surface area contributed by atoms with Gasteiger partial charge in [0, 0.05) is 13.1 Å². The van der Waals surface area contributed by atoms with Gasteiger partial charge >= 0.3 is 0 Å². The minimum Gasteiger partial charge on any atom is -0.393 e. The second-order valence-electron chi connectivity index (χ2n) is 3.71. The quantitative estimate of drug-likeness (QED) is 0.424. The van der Waals surface area contributed by atoms with Crippen molar-refractivity contribution in [1.29, 1.82) is 0 Å². The van der Waals surface area contributed by atoms with Crippen molar-refractivity contribution in [1.82, 2.24) is 9.44 Å². The Hall–Kier alpha value is -0.240. The molecule has 0 heterocycles. The zero-order valence-electron chi connectivity index (χ0n) is 9.12. The van der Waals surface area contributed by atoms with E-state index in [0.717, 1.165) is 0 Å². The average molecular weight is 253 g/mol. The van der Waals surface area contributed by atoms with E-state index in [9.17, 15) is 8.42 Å². The summed E-state index contributed by atoms with van der Waals surface area (Å²) in [5.74, 6) is 0.290. The van der Waals surface area contributed by atoms with Gasteiger partial charge in [-0.1, -0.05) is 26.1 Å². The Kier molecular flexibility index (Phi) is 6.99. The molecule has 15 heavy (non-hydrogen) atoms. The van der Waals surface area contributed by atoms with Crippen LogP contribution in [-0.2, 0) is 10.2 Å². The summed E-state index contributed by atoms with van der Waals surface area (Å²) >= 11 is 4.67. The summed E-state index contributed by atoms with van der Waals surface area (Å²) in [5, 5.41) is 0. The summed E-state index contributed by atoms with van der Waals surface area (Å²) in [5.41, 5.74) is 5.28. The molecule has 0 fully saturated rings. The first-order chi connectivity index (χ1) is 6.83. The van der Waals surface area contributed by atoms with Crippen molar-refractivity contribution in [3.8, 4) is 0 Å². The Morgan fingerprint density at radius 1 is 1.40 bits per heavy atom. The highest BCUT2D eigenvalue weighted by Crippen LogP contribution is 1.91. The summed E-state index contributed by atoms with van der Waals surface area (Å²) in [6, 6.07) is 0. The lowest BCUT2D eigenvalue weighted by atomic mass is 10.2. The summed E-state index contributed by atoms with van der Waals surface area (Å²) < 4.78 is 27.4. The first-order valence-corrected chi connectivity index (χ1v) is 6.75. The standard InChI is InChI=1S/C8H19N3O2S2/c1-7(2)6-11-15(12,13)10-5-3-4-8(9)14/h7,10-11H,3-6H2,1-2H3,(H2,9,14). The van der Waals surface area contributed by atoms with Crippen LogP contribution in [-0.4, -0.2) is 26.5 Å². The van der Waals surface area contributed by atoms with E-state index in [2.05, 4.69) is 21.7 Å². The molecular formula is C8H19N3O2S2. The van der Waals surface area contributed by atoms with Crippen LogP contribution in [0.3, 0.4) is 0 Å². The Labute approximate surface area is 97.0 Å². The smallest absolute Gasteiger partial charge is 0.276 e. The lowest BCUT2D eigenvalue weighted by Crippen LogP contribution is -2.38. The number of hydrogen-bond acceptors (Lipinski definition) is 3. The van der Waals surface area contributed by atoms with Gasteiger partial charge in [-0.15, -0.1) is 0 Å². The lowest BCUT2D eigenvalue weighted by molar-refractivity contribution is 0.546. The third-order valence-electron chi connectivity index (χ3n) is 1.57. The Balaban J connectivity index is 3.70. The number of nitrogens with two attached hydrogens (primary N) is 1. The van der Waals surface area contributed by atoms with Crippen LogP contribution in [0.4, 0.5) is 0 Å². The molecule has 0 unspecified atom stereocenters. The van der Waals surface area contributed by atoms with Crippen LogP contribution in [0.1, 0.15) is 26.7 Å². The van der Waals surface area contributed by atoms with E-state index in [4.69, 9.17) is 5.73 Å². The molecule has 0 amide bonds. The predicted molar refractivity (Wildman–Crippen MR) is 65.8 cm³/mol. The lowest BCUT2D eigenvalue weighted by Gasteiger charge is -2.09. The molecule has 0 saturated carbocycles. The maximum Gasteiger partial charge on any atom is 0.276 e. The van der Waals surface area contributed by atoms with Gasteiger partial charge in [0.25, 0.3) is 10.2 Å². The second kappa shape index (κ2) is 7.10. The Morgan fingerprint density at radius 2 is 2.00 bits per heavy atom. The molecule has 0 rings (SSSR count). The van der Waals surface area contributed by atoms with Gasteiger partial charge in [0.2, 0.25) is 0 Å². The third kappa shape index (κ3) is 10.1. The fourth-order valence-corrected chi connectivity index (χ4v) is 2.01. The van der Waals surface area contributed by atoms with Gasteiger partial charge < -0.3 is 5.73 Å². The normalized spacial score (nSPS) is 11.9. The fourth-order valence-electron chi connectivity index (χ4n) is 0.797. The van der Waals surface area contributed by atoms with Crippen LogP contribution in [0.15, 0.2) is 0 Å². The van der Waals surface area contributed by atoms with Crippen molar-refractivity contribution in [2.24, 2.45) is 11.7 Å². The zero-order chi connectivity index (χ0) is 11.9. The predicted octanol–water partition coefficient (Wildman–Crippen LogP) is 0.133. The zero-order valence-corrected chi connectivity index (χ0v) is 10.7. The van der Waals surface area contributed by atoms with Crippen LogP contribution in [0, 0.1) is 5.92 Å². The first-order valence-electron chi connectivity index (χ1n) is 4.86. The van der Waals surface area contributed by atoms with Gasteiger partial charge in [0.15, 0.2) is 0 Å². The van der Waals surface area contributed by atoms with E-state index in [-0.39, 0.29) is 5.92 Å². The Bertz CT molecular complexity index is 288. The third-order valence-corrected chi connectivity index (χ3v) is 2.91. The van der Waals surface area contributed by atoms with Gasteiger partial charge in [-0.3, -0.25) is 0 Å². The average Bonchev–Trinajstić information content (AvgIpc) is 2.09. The van der Waals surface area contributed by atoms with E-state index in [1.54, 1.807) is 0 Å². The van der Waals surface area contributed by atoms with E-state index >= 15 is 0 Å². The molecule has 0 aliphatic rings. The number of hydrogen-bond donors (Lipinski definition) is 3. The molecule has 0 aromatic carbocycles. The minimum absolute atomic E-state index is 0.290. The van der Waals surface area contributed by atoms with E-state index in [0.29, 0.717) is 30.9 Å². The van der Waals surface area contributed by atoms with E-state index < -0.39 is 10.2 Å². The largest absolute Gasteiger partial charge is 0.393 e. The molecule has 0 aromatic heterocycles. The molecule has 0 saturated heterocycles. The van der Waals surface area contributed by atoms with E-state index in [1.165, 1.54) is 0 Å². The molecule has 0 bridgehead atoms. The highest BCUT2D eigenvalue weighted by Gasteiger charge is 2.08. The van der Waals surface area contributed by atoms with Crippen molar-refractivity contribution >= 4 is 27.4 Å². The molecular weight excluding hydrogens is 234 g/mol. The van der Waals surface area contributed by atoms with Gasteiger partial charge in [-0.05, 0) is 18.8 Å². The number of thiocarbonyl (C=S) groups is 1.